The minimum absolute atomic E-state index is 0.00465. The summed E-state index contributed by atoms with van der Waals surface area (Å²) in [5, 5.41) is 27.9. The van der Waals surface area contributed by atoms with Crippen LogP contribution in [0.1, 0.15) is 22.8 Å². The summed E-state index contributed by atoms with van der Waals surface area (Å²) in [5.41, 5.74) is 0.532. The third-order valence-electron chi connectivity index (χ3n) is 4.81. The fraction of sp³-hybridized carbons (Fsp3) is 0.200. The number of allylic oxidation sites excluding steroid dienone is 1. The molecule has 38 heavy (non-hydrogen) atoms. The van der Waals surface area contributed by atoms with Crippen molar-refractivity contribution in [2.45, 2.75) is 25.3 Å². The predicted molar refractivity (Wildman–Crippen MR) is 140 cm³/mol. The molecule has 4 rings (SSSR count). The molecule has 0 saturated carbocycles. The summed E-state index contributed by atoms with van der Waals surface area (Å²) in [5.74, 6) is 0.459. The molecule has 194 valence electrons. The second-order valence-corrected chi connectivity index (χ2v) is 10.4. The largest absolute Gasteiger partial charge is 0.281 e. The molecule has 0 aliphatic heterocycles. The smallest absolute Gasteiger partial charge is 0.258 e. The quantitative estimate of drug-likeness (QED) is 0.167. The molecule has 0 aliphatic carbocycles. The second-order valence-electron chi connectivity index (χ2n) is 7.42. The van der Waals surface area contributed by atoms with Crippen LogP contribution in [0.4, 0.5) is 22.6 Å². The Hall–Kier alpha value is -4.31. The van der Waals surface area contributed by atoms with Crippen LogP contribution in [0.25, 0.3) is 5.13 Å². The van der Waals surface area contributed by atoms with Gasteiger partial charge in [0.25, 0.3) is 10.0 Å². The van der Waals surface area contributed by atoms with Gasteiger partial charge in [-0.2, -0.15) is 19.0 Å². The van der Waals surface area contributed by atoms with E-state index in [-0.39, 0.29) is 41.7 Å². The van der Waals surface area contributed by atoms with Crippen LogP contribution in [0.2, 0.25) is 0 Å². The number of aromatic nitrogens is 8. The molecule has 0 amide bonds. The number of rotatable bonds is 10. The maximum absolute atomic E-state index is 12.6. The molecule has 0 spiro atoms. The molecule has 4 heterocycles. The van der Waals surface area contributed by atoms with E-state index in [0.717, 1.165) is 23.1 Å². The second kappa shape index (κ2) is 11.0. The number of nitrogens with zero attached hydrogens (tertiary/aromatic N) is 12. The summed E-state index contributed by atoms with van der Waals surface area (Å²) in [7, 11) is -4.41. The molecule has 0 aromatic carbocycles. The Morgan fingerprint density at radius 2 is 2.00 bits per heavy atom. The molecule has 0 saturated heterocycles. The molecule has 2 N–H and O–H groups in total. The van der Waals surface area contributed by atoms with E-state index >= 15 is 0 Å². The third kappa shape index (κ3) is 5.35. The first-order valence-corrected chi connectivity index (χ1v) is 13.7. The van der Waals surface area contributed by atoms with Gasteiger partial charge in [-0.15, -0.1) is 28.5 Å². The Kier molecular flexibility index (Phi) is 7.72. The van der Waals surface area contributed by atoms with Gasteiger partial charge in [-0.1, -0.05) is 12.2 Å². The fourth-order valence-electron chi connectivity index (χ4n) is 3.17. The first-order chi connectivity index (χ1) is 18.2. The first-order valence-electron chi connectivity index (χ1n) is 10.6. The van der Waals surface area contributed by atoms with E-state index in [2.05, 4.69) is 57.2 Å². The SMILES string of the molecule is C=CCc1nc(N(CC=C)c2nc(C)ns2)nc(S(N)(=O)=O)c1N=Nc1nn(-c2ncns2)c(C)c1C#N. The van der Waals surface area contributed by atoms with Crippen molar-refractivity contribution in [3.05, 3.63) is 54.4 Å². The van der Waals surface area contributed by atoms with Crippen molar-refractivity contribution in [3.8, 4) is 11.2 Å². The number of nitriles is 1. The summed E-state index contributed by atoms with van der Waals surface area (Å²) in [6.07, 6.45) is 4.55. The number of nitrogens with two attached hydrogens (primary N) is 1. The molecule has 0 radical (unpaired) electrons. The number of primary sulfonamides is 1. The van der Waals surface area contributed by atoms with Gasteiger partial charge >= 0.3 is 0 Å². The summed E-state index contributed by atoms with van der Waals surface area (Å²) < 4.78 is 34.8. The maximum Gasteiger partial charge on any atom is 0.258 e. The summed E-state index contributed by atoms with van der Waals surface area (Å²) in [4.78, 5) is 18.7. The highest BCUT2D eigenvalue weighted by Gasteiger charge is 2.26. The van der Waals surface area contributed by atoms with Crippen LogP contribution in [-0.2, 0) is 16.4 Å². The molecular weight excluding hydrogens is 551 g/mol. The fourth-order valence-corrected chi connectivity index (χ4v) is 5.02. The topological polar surface area (TPSA) is 207 Å². The summed E-state index contributed by atoms with van der Waals surface area (Å²) in [6.45, 7) is 11.0. The number of hydrogen-bond acceptors (Lipinski definition) is 15. The number of hydrogen-bond donors (Lipinski definition) is 1. The van der Waals surface area contributed by atoms with Crippen molar-refractivity contribution in [2.24, 2.45) is 15.4 Å². The highest BCUT2D eigenvalue weighted by atomic mass is 32.2. The molecular formula is C20H19N13O2S3. The van der Waals surface area contributed by atoms with E-state index in [1.807, 2.05) is 6.07 Å². The molecule has 15 nitrogen and oxygen atoms in total. The Balaban J connectivity index is 1.89. The minimum Gasteiger partial charge on any atom is -0.281 e. The van der Waals surface area contributed by atoms with Gasteiger partial charge in [0.15, 0.2) is 0 Å². The van der Waals surface area contributed by atoms with E-state index < -0.39 is 15.0 Å². The van der Waals surface area contributed by atoms with Crippen LogP contribution in [0.15, 0.2) is 46.9 Å². The minimum atomic E-state index is -4.41. The lowest BCUT2D eigenvalue weighted by atomic mass is 10.2. The van der Waals surface area contributed by atoms with Crippen molar-refractivity contribution in [3.63, 3.8) is 0 Å². The summed E-state index contributed by atoms with van der Waals surface area (Å²) >= 11 is 2.16. The first kappa shape index (κ1) is 26.7. The predicted octanol–water partition coefficient (Wildman–Crippen LogP) is 2.97. The normalized spacial score (nSPS) is 11.5. The van der Waals surface area contributed by atoms with Crippen LogP contribution in [-0.4, -0.2) is 53.4 Å². The zero-order chi connectivity index (χ0) is 27.4. The van der Waals surface area contributed by atoms with Crippen LogP contribution in [0, 0.1) is 25.2 Å². The average Bonchev–Trinajstić information content (AvgIpc) is 3.61. The molecule has 0 atom stereocenters. The van der Waals surface area contributed by atoms with E-state index in [9.17, 15) is 13.7 Å². The van der Waals surface area contributed by atoms with E-state index in [1.165, 1.54) is 17.1 Å². The molecule has 4 aromatic rings. The highest BCUT2D eigenvalue weighted by Crippen LogP contribution is 2.33. The monoisotopic (exact) mass is 569 g/mol. The molecule has 0 fully saturated rings. The standard InChI is InChI=1S/C20H19N13O2S3/c1-5-7-14-15(28-29-16-13(9-21)11(3)33(30-16)19-23-10-24-36-19)17(38(22,34)35)27-18(26-14)32(8-6-2)20-25-12(4)31-37-20/h5-6,10H,1-2,7-8H2,3-4H3,(H2,22,34,35). The molecule has 0 aliphatic rings. The van der Waals surface area contributed by atoms with Crippen LogP contribution in [0.5, 0.6) is 0 Å². The van der Waals surface area contributed by atoms with E-state index in [4.69, 9.17) is 5.14 Å². The number of anilines is 2. The van der Waals surface area contributed by atoms with Crippen molar-refractivity contribution in [1.29, 1.82) is 5.26 Å². The molecule has 4 aromatic heterocycles. The highest BCUT2D eigenvalue weighted by molar-refractivity contribution is 7.89. The van der Waals surface area contributed by atoms with Gasteiger partial charge in [-0.25, -0.2) is 33.2 Å². The maximum atomic E-state index is 12.6. The van der Waals surface area contributed by atoms with Crippen LogP contribution in [0.3, 0.4) is 0 Å². The molecule has 0 unspecified atom stereocenters. The Bertz CT molecular complexity index is 1680. The van der Waals surface area contributed by atoms with Crippen LogP contribution < -0.4 is 10.0 Å². The van der Waals surface area contributed by atoms with Crippen molar-refractivity contribution in [1.82, 2.24) is 38.5 Å². The van der Waals surface area contributed by atoms with Gasteiger partial charge in [-0.3, -0.25) is 4.90 Å². The average molecular weight is 570 g/mol. The number of aryl methyl sites for hydroxylation is 1. The lowest BCUT2D eigenvalue weighted by molar-refractivity contribution is 0.593. The third-order valence-corrected chi connectivity index (χ3v) is 7.10. The lowest BCUT2D eigenvalue weighted by Crippen LogP contribution is -2.23. The van der Waals surface area contributed by atoms with Gasteiger partial charge in [-0.05, 0) is 13.8 Å². The van der Waals surface area contributed by atoms with Gasteiger partial charge in [0.05, 0.1) is 11.4 Å². The molecule has 18 heteroatoms. The van der Waals surface area contributed by atoms with Crippen molar-refractivity contribution < 1.29 is 8.42 Å². The number of azo groups is 1. The van der Waals surface area contributed by atoms with E-state index in [0.29, 0.717) is 21.8 Å². The lowest BCUT2D eigenvalue weighted by Gasteiger charge is -2.19. The molecule has 0 bridgehead atoms. The Morgan fingerprint density at radius 1 is 1.21 bits per heavy atom. The van der Waals surface area contributed by atoms with E-state index in [1.54, 1.807) is 24.8 Å². The summed E-state index contributed by atoms with van der Waals surface area (Å²) in [6, 6.07) is 2.03. The van der Waals surface area contributed by atoms with Gasteiger partial charge < -0.3 is 0 Å². The van der Waals surface area contributed by atoms with Gasteiger partial charge in [0.2, 0.25) is 27.1 Å². The van der Waals surface area contributed by atoms with Crippen molar-refractivity contribution in [2.75, 3.05) is 11.4 Å². The van der Waals surface area contributed by atoms with Gasteiger partial charge in [0, 0.05) is 36.0 Å². The number of sulfonamides is 1. The zero-order valence-electron chi connectivity index (χ0n) is 20.0. The Morgan fingerprint density at radius 3 is 2.58 bits per heavy atom. The van der Waals surface area contributed by atoms with Crippen molar-refractivity contribution >= 4 is 55.7 Å². The van der Waals surface area contributed by atoms with Gasteiger partial charge in [0.1, 0.15) is 29.5 Å². The van der Waals surface area contributed by atoms with Crippen LogP contribution >= 0.6 is 23.1 Å². The Labute approximate surface area is 225 Å². The zero-order valence-corrected chi connectivity index (χ0v) is 22.5.